The Bertz CT molecular complexity index is 2010. The van der Waals surface area contributed by atoms with Crippen molar-refractivity contribution in [3.63, 3.8) is 0 Å². The van der Waals surface area contributed by atoms with Gasteiger partial charge in [0.1, 0.15) is 12.1 Å². The van der Waals surface area contributed by atoms with Gasteiger partial charge >= 0.3 is 24.8 Å². The fraction of sp³-hybridized carbons (Fsp3) is 0.450. The molecule has 55 heavy (non-hydrogen) atoms. The minimum Gasteiger partial charge on any atom is -1.00 e. The van der Waals surface area contributed by atoms with Crippen LogP contribution in [0.2, 0.25) is 0 Å². The minimum atomic E-state index is -0.884. The molecule has 1 atom stereocenters. The van der Waals surface area contributed by atoms with Crippen LogP contribution in [-0.2, 0) is 21.5 Å². The molecule has 2 aliphatic rings. The summed E-state index contributed by atoms with van der Waals surface area (Å²) in [6.07, 6.45) is 5.61. The van der Waals surface area contributed by atoms with Crippen molar-refractivity contribution in [2.75, 3.05) is 57.9 Å². The summed E-state index contributed by atoms with van der Waals surface area (Å²) in [7, 11) is 0. The number of carbonyl (C=O) groups excluding carboxylic acids is 1. The first-order valence-electron chi connectivity index (χ1n) is 19.0. The zero-order valence-electron chi connectivity index (χ0n) is 32.8. The maximum Gasteiger partial charge on any atom is 1.00 e. The largest absolute Gasteiger partial charge is 1.00 e. The number of carboxylic acid groups (broad SMARTS) is 1. The van der Waals surface area contributed by atoms with E-state index in [9.17, 15) is 9.59 Å². The standard InChI is InChI=1S/C40H49N9O5.Li.H/c1-2-53-26-24-48-35-12-7-6-11-34(35)43-39(48)42-31-16-20-46(21-17-31)22-18-40(30-9-4-3-5-10-30)19-23-47(28-40)38(52)33-27-32(49-29-41-44-45-49)14-15-36(33)54-25-8-13-37(50)51;;/h3-7,9-12,14-15,27,29,31H,2,8,13,16-26,28H2,1H3,(H,42,43)(H,50,51);;/q;+1;-1. The van der Waals surface area contributed by atoms with Crippen molar-refractivity contribution in [3.05, 3.63) is 90.3 Å². The predicted octanol–water partition coefficient (Wildman–Crippen LogP) is 2.16. The van der Waals surface area contributed by atoms with Crippen LogP contribution < -0.4 is 28.9 Å². The molecule has 2 aliphatic heterocycles. The molecule has 2 saturated heterocycles. The summed E-state index contributed by atoms with van der Waals surface area (Å²) in [5, 5.41) is 24.3. The third kappa shape index (κ3) is 9.56. The van der Waals surface area contributed by atoms with Crippen molar-refractivity contribution in [2.24, 2.45) is 0 Å². The average molecular weight is 744 g/mol. The Labute approximate surface area is 334 Å². The molecule has 15 heteroatoms. The summed E-state index contributed by atoms with van der Waals surface area (Å²) in [4.78, 5) is 34.9. The maximum absolute atomic E-state index is 14.4. The molecule has 3 aromatic carbocycles. The van der Waals surface area contributed by atoms with Gasteiger partial charge in [0.2, 0.25) is 5.95 Å². The Kier molecular flexibility index (Phi) is 13.6. The van der Waals surface area contributed by atoms with Gasteiger partial charge in [-0.2, -0.15) is 0 Å². The molecule has 2 N–H and O–H groups in total. The van der Waals surface area contributed by atoms with E-state index in [-0.39, 0.29) is 44.6 Å². The van der Waals surface area contributed by atoms with Gasteiger partial charge in [-0.05, 0) is 91.9 Å². The van der Waals surface area contributed by atoms with E-state index < -0.39 is 5.97 Å². The summed E-state index contributed by atoms with van der Waals surface area (Å²) >= 11 is 0. The number of aliphatic carboxylic acids is 1. The number of piperidine rings is 1. The van der Waals surface area contributed by atoms with E-state index in [2.05, 4.69) is 72.8 Å². The van der Waals surface area contributed by atoms with Gasteiger partial charge in [0.15, 0.2) is 0 Å². The molecule has 1 amide bonds. The Morgan fingerprint density at radius 2 is 1.80 bits per heavy atom. The van der Waals surface area contributed by atoms with Gasteiger partial charge < -0.3 is 35.7 Å². The zero-order valence-corrected chi connectivity index (χ0v) is 31.8. The molecule has 0 radical (unpaired) electrons. The second-order valence-corrected chi connectivity index (χ2v) is 14.2. The molecule has 1 unspecified atom stereocenters. The van der Waals surface area contributed by atoms with E-state index in [0.29, 0.717) is 55.8 Å². The van der Waals surface area contributed by atoms with Crippen LogP contribution in [0.15, 0.2) is 79.1 Å². The number of likely N-dealkylation sites (tertiary alicyclic amines) is 2. The average Bonchev–Trinajstić information content (AvgIpc) is 3.97. The molecule has 2 aromatic heterocycles. The number of fused-ring (bicyclic) bond motifs is 1. The van der Waals surface area contributed by atoms with Crippen LogP contribution in [0.1, 0.15) is 62.8 Å². The third-order valence-corrected chi connectivity index (χ3v) is 10.8. The van der Waals surface area contributed by atoms with Crippen molar-refractivity contribution in [1.29, 1.82) is 0 Å². The first kappa shape index (κ1) is 39.9. The molecule has 14 nitrogen and oxygen atoms in total. The first-order valence-corrected chi connectivity index (χ1v) is 19.0. The van der Waals surface area contributed by atoms with E-state index in [1.807, 2.05) is 24.0 Å². The summed E-state index contributed by atoms with van der Waals surface area (Å²) in [5.74, 6) is 0.311. The molecule has 7 rings (SSSR count). The van der Waals surface area contributed by atoms with Gasteiger partial charge in [0.05, 0.1) is 35.5 Å². The van der Waals surface area contributed by atoms with Gasteiger partial charge in [0.25, 0.3) is 5.91 Å². The number of nitrogens with one attached hydrogen (secondary N) is 1. The number of tetrazole rings is 1. The van der Waals surface area contributed by atoms with Crippen molar-refractivity contribution in [3.8, 4) is 11.4 Å². The molecule has 286 valence electrons. The molecule has 4 heterocycles. The van der Waals surface area contributed by atoms with Crippen LogP contribution in [-0.4, -0.2) is 115 Å². The van der Waals surface area contributed by atoms with Gasteiger partial charge in [-0.25, -0.2) is 9.67 Å². The van der Waals surface area contributed by atoms with E-state index in [1.165, 1.54) is 16.6 Å². The number of para-hydroxylation sites is 2. The van der Waals surface area contributed by atoms with Crippen LogP contribution in [0.3, 0.4) is 0 Å². The number of aromatic nitrogens is 6. The number of amides is 1. The third-order valence-electron chi connectivity index (χ3n) is 10.8. The minimum absolute atomic E-state index is 0. The molecule has 0 spiro atoms. The van der Waals surface area contributed by atoms with Crippen LogP contribution in [0.5, 0.6) is 5.75 Å². The SMILES string of the molecule is CCOCCn1c(NC2CCN(CCC3(c4ccccc4)CCN(C(=O)c4cc(-n5cnnn5)ccc4OCCCC(=O)O)C3)CC2)nc2ccccc21.[H-].[Li+]. The van der Waals surface area contributed by atoms with Crippen LogP contribution >= 0.6 is 0 Å². The van der Waals surface area contributed by atoms with E-state index >= 15 is 0 Å². The number of benzene rings is 3. The molecule has 0 aliphatic carbocycles. The first-order chi connectivity index (χ1) is 26.4. The van der Waals surface area contributed by atoms with E-state index in [4.69, 9.17) is 19.6 Å². The summed E-state index contributed by atoms with van der Waals surface area (Å²) in [5.41, 5.74) is 4.19. The van der Waals surface area contributed by atoms with Crippen LogP contribution in [0, 0.1) is 0 Å². The fourth-order valence-electron chi connectivity index (χ4n) is 7.80. The van der Waals surface area contributed by atoms with Crippen LogP contribution in [0.25, 0.3) is 16.7 Å². The summed E-state index contributed by atoms with van der Waals surface area (Å²) < 4.78 is 15.4. The number of rotatable bonds is 17. The van der Waals surface area contributed by atoms with Gasteiger partial charge in [0, 0.05) is 57.2 Å². The van der Waals surface area contributed by atoms with Crippen molar-refractivity contribution in [1.82, 2.24) is 39.6 Å². The van der Waals surface area contributed by atoms with Crippen molar-refractivity contribution < 1.29 is 44.5 Å². The number of anilines is 1. The van der Waals surface area contributed by atoms with Crippen LogP contribution in [0.4, 0.5) is 5.95 Å². The Hall–Kier alpha value is -4.74. The monoisotopic (exact) mass is 743 g/mol. The number of nitrogens with zero attached hydrogens (tertiary/aromatic N) is 8. The maximum atomic E-state index is 14.4. The molecular formula is C40H50LiN9O5. The number of hydrogen-bond donors (Lipinski definition) is 2. The van der Waals surface area contributed by atoms with Gasteiger partial charge in [-0.1, -0.05) is 42.5 Å². The molecular weight excluding hydrogens is 693 g/mol. The molecule has 5 aromatic rings. The van der Waals surface area contributed by atoms with Gasteiger partial charge in [-0.3, -0.25) is 9.59 Å². The fourth-order valence-corrected chi connectivity index (χ4v) is 7.80. The number of carbonyl (C=O) groups is 2. The number of imidazole rings is 1. The molecule has 0 bridgehead atoms. The Balaban J connectivity index is 0.00000300. The second-order valence-electron chi connectivity index (χ2n) is 14.2. The van der Waals surface area contributed by atoms with E-state index in [0.717, 1.165) is 68.8 Å². The van der Waals surface area contributed by atoms with Gasteiger partial charge in [-0.15, -0.1) is 5.10 Å². The summed E-state index contributed by atoms with van der Waals surface area (Å²) in [6, 6.07) is 24.5. The Morgan fingerprint density at radius 3 is 2.56 bits per heavy atom. The zero-order chi connectivity index (χ0) is 37.3. The predicted molar refractivity (Wildman–Crippen MR) is 205 cm³/mol. The smallest absolute Gasteiger partial charge is 1.00 e. The Morgan fingerprint density at radius 1 is 1.00 bits per heavy atom. The van der Waals surface area contributed by atoms with Crippen molar-refractivity contribution in [2.45, 2.75) is 63.5 Å². The quantitative estimate of drug-likeness (QED) is 0.107. The number of ether oxygens (including phenoxy) is 2. The number of hydrogen-bond acceptors (Lipinski definition) is 10. The van der Waals surface area contributed by atoms with Crippen molar-refractivity contribution >= 4 is 28.9 Å². The second kappa shape index (κ2) is 18.7. The van der Waals surface area contributed by atoms with E-state index in [1.54, 1.807) is 18.2 Å². The molecule has 2 fully saturated rings. The topological polar surface area (TPSA) is 153 Å². The molecule has 0 saturated carbocycles. The summed E-state index contributed by atoms with van der Waals surface area (Å²) in [6.45, 7) is 8.39. The number of carboxylic acids is 1. The normalized spacial score (nSPS) is 17.7.